The molecule has 0 amide bonds. The second-order valence-electron chi connectivity index (χ2n) is 3.93. The Hall–Kier alpha value is -0.410. The minimum absolute atomic E-state index is 0.404. The van der Waals surface area contributed by atoms with Gasteiger partial charge in [-0.05, 0) is 32.6 Å². The maximum atomic E-state index is 4.30. The van der Waals surface area contributed by atoms with Gasteiger partial charge < -0.3 is 5.32 Å². The Morgan fingerprint density at radius 1 is 1.54 bits per heavy atom. The number of rotatable bonds is 4. The van der Waals surface area contributed by atoms with Crippen LogP contribution in [0.5, 0.6) is 0 Å². The SMILES string of the molecule is CC(NC(C)C1CC1)c1cscn1. The Kier molecular flexibility index (Phi) is 2.65. The third kappa shape index (κ3) is 2.29. The van der Waals surface area contributed by atoms with Crippen LogP contribution in [-0.4, -0.2) is 11.0 Å². The molecule has 0 aliphatic heterocycles. The monoisotopic (exact) mass is 196 g/mol. The second-order valence-corrected chi connectivity index (χ2v) is 4.65. The van der Waals surface area contributed by atoms with Crippen LogP contribution >= 0.6 is 11.3 Å². The van der Waals surface area contributed by atoms with Gasteiger partial charge in [-0.2, -0.15) is 0 Å². The molecule has 1 aliphatic rings. The van der Waals surface area contributed by atoms with Crippen molar-refractivity contribution < 1.29 is 0 Å². The molecule has 1 aromatic heterocycles. The van der Waals surface area contributed by atoms with Crippen molar-refractivity contribution in [2.75, 3.05) is 0 Å². The van der Waals surface area contributed by atoms with Crippen molar-refractivity contribution in [1.82, 2.24) is 10.3 Å². The summed E-state index contributed by atoms with van der Waals surface area (Å²) >= 11 is 1.67. The Bertz CT molecular complexity index is 254. The first-order valence-electron chi connectivity index (χ1n) is 4.91. The predicted octanol–water partition coefficient (Wildman–Crippen LogP) is 2.59. The molecule has 1 heterocycles. The summed E-state index contributed by atoms with van der Waals surface area (Å²) in [6, 6.07) is 1.05. The Morgan fingerprint density at radius 3 is 2.85 bits per heavy atom. The zero-order chi connectivity index (χ0) is 9.26. The van der Waals surface area contributed by atoms with E-state index in [-0.39, 0.29) is 0 Å². The molecular formula is C10H16N2S. The van der Waals surface area contributed by atoms with Crippen molar-refractivity contribution in [1.29, 1.82) is 0 Å². The molecule has 2 unspecified atom stereocenters. The van der Waals surface area contributed by atoms with Crippen molar-refractivity contribution in [2.45, 2.75) is 38.8 Å². The van der Waals surface area contributed by atoms with E-state index in [4.69, 9.17) is 0 Å². The average molecular weight is 196 g/mol. The van der Waals surface area contributed by atoms with Crippen molar-refractivity contribution in [3.63, 3.8) is 0 Å². The molecule has 2 nitrogen and oxygen atoms in total. The standard InChI is InChI=1S/C10H16N2S/c1-7(9-3-4-9)12-8(2)10-5-13-6-11-10/h5-9,12H,3-4H2,1-2H3. The van der Waals surface area contributed by atoms with Crippen LogP contribution in [0.4, 0.5) is 0 Å². The van der Waals surface area contributed by atoms with E-state index in [1.807, 2.05) is 5.51 Å². The van der Waals surface area contributed by atoms with Crippen molar-refractivity contribution in [3.8, 4) is 0 Å². The lowest BCUT2D eigenvalue weighted by Gasteiger charge is -2.17. The van der Waals surface area contributed by atoms with Crippen molar-refractivity contribution in [3.05, 3.63) is 16.6 Å². The molecule has 0 aromatic carbocycles. The molecule has 1 N–H and O–H groups in total. The Balaban J connectivity index is 1.87. The van der Waals surface area contributed by atoms with E-state index in [0.717, 1.165) is 5.92 Å². The van der Waals surface area contributed by atoms with Crippen LogP contribution in [-0.2, 0) is 0 Å². The molecule has 0 spiro atoms. The molecule has 0 saturated heterocycles. The summed E-state index contributed by atoms with van der Waals surface area (Å²) < 4.78 is 0. The van der Waals surface area contributed by atoms with Crippen LogP contribution in [0.25, 0.3) is 0 Å². The van der Waals surface area contributed by atoms with Gasteiger partial charge in [0.2, 0.25) is 0 Å². The first-order chi connectivity index (χ1) is 6.27. The lowest BCUT2D eigenvalue weighted by molar-refractivity contribution is 0.437. The van der Waals surface area contributed by atoms with Gasteiger partial charge >= 0.3 is 0 Å². The summed E-state index contributed by atoms with van der Waals surface area (Å²) in [6.07, 6.45) is 2.80. The maximum absolute atomic E-state index is 4.30. The van der Waals surface area contributed by atoms with Crippen molar-refractivity contribution in [2.24, 2.45) is 5.92 Å². The number of hydrogen-bond donors (Lipinski definition) is 1. The molecule has 1 fully saturated rings. The van der Waals surface area contributed by atoms with Crippen LogP contribution in [0.1, 0.15) is 38.4 Å². The minimum atomic E-state index is 0.404. The van der Waals surface area contributed by atoms with Gasteiger partial charge in [-0.3, -0.25) is 0 Å². The van der Waals surface area contributed by atoms with Crippen LogP contribution < -0.4 is 5.32 Å². The molecule has 1 aromatic rings. The van der Waals surface area contributed by atoms with E-state index >= 15 is 0 Å². The second kappa shape index (κ2) is 3.76. The van der Waals surface area contributed by atoms with Crippen LogP contribution in [0, 0.1) is 5.92 Å². The normalized spacial score (nSPS) is 21.4. The van der Waals surface area contributed by atoms with Crippen LogP contribution in [0.15, 0.2) is 10.9 Å². The smallest absolute Gasteiger partial charge is 0.0795 e. The largest absolute Gasteiger partial charge is 0.306 e. The van der Waals surface area contributed by atoms with Gasteiger partial charge in [0.1, 0.15) is 0 Å². The molecular weight excluding hydrogens is 180 g/mol. The average Bonchev–Trinajstić information content (AvgIpc) is 2.81. The zero-order valence-electron chi connectivity index (χ0n) is 8.16. The summed E-state index contributed by atoms with van der Waals surface area (Å²) in [5, 5.41) is 5.71. The fourth-order valence-electron chi connectivity index (χ4n) is 1.65. The van der Waals surface area contributed by atoms with Gasteiger partial charge in [0, 0.05) is 17.5 Å². The Morgan fingerprint density at radius 2 is 2.31 bits per heavy atom. The molecule has 1 saturated carbocycles. The molecule has 1 aliphatic carbocycles. The van der Waals surface area contributed by atoms with Gasteiger partial charge in [-0.25, -0.2) is 4.98 Å². The third-order valence-electron chi connectivity index (χ3n) is 2.74. The van der Waals surface area contributed by atoms with Crippen LogP contribution in [0.3, 0.4) is 0 Å². The summed E-state index contributed by atoms with van der Waals surface area (Å²) in [5.41, 5.74) is 3.08. The molecule has 13 heavy (non-hydrogen) atoms. The highest BCUT2D eigenvalue weighted by molar-refractivity contribution is 7.07. The Labute approximate surface area is 83.4 Å². The lowest BCUT2D eigenvalue weighted by Crippen LogP contribution is -2.30. The van der Waals surface area contributed by atoms with E-state index in [1.54, 1.807) is 11.3 Å². The van der Waals surface area contributed by atoms with Gasteiger partial charge in [0.25, 0.3) is 0 Å². The maximum Gasteiger partial charge on any atom is 0.0795 e. The molecule has 0 bridgehead atoms. The third-order valence-corrected chi connectivity index (χ3v) is 3.34. The predicted molar refractivity (Wildman–Crippen MR) is 55.9 cm³/mol. The summed E-state index contributed by atoms with van der Waals surface area (Å²) in [6.45, 7) is 4.47. The molecule has 2 atom stereocenters. The quantitative estimate of drug-likeness (QED) is 0.800. The van der Waals surface area contributed by atoms with Gasteiger partial charge in [-0.1, -0.05) is 0 Å². The molecule has 3 heteroatoms. The molecule has 0 radical (unpaired) electrons. The summed E-state index contributed by atoms with van der Waals surface area (Å²) in [7, 11) is 0. The zero-order valence-corrected chi connectivity index (χ0v) is 8.97. The van der Waals surface area contributed by atoms with E-state index < -0.39 is 0 Å². The fourth-order valence-corrected chi connectivity index (χ4v) is 2.30. The van der Waals surface area contributed by atoms with E-state index in [0.29, 0.717) is 12.1 Å². The number of aromatic nitrogens is 1. The molecule has 2 rings (SSSR count). The first-order valence-corrected chi connectivity index (χ1v) is 5.86. The highest BCUT2D eigenvalue weighted by atomic mass is 32.1. The minimum Gasteiger partial charge on any atom is -0.306 e. The van der Waals surface area contributed by atoms with E-state index in [1.165, 1.54) is 18.5 Å². The first kappa shape index (κ1) is 9.16. The highest BCUT2D eigenvalue weighted by Crippen LogP contribution is 2.33. The van der Waals surface area contributed by atoms with E-state index in [2.05, 4.69) is 29.5 Å². The number of thiazole rings is 1. The van der Waals surface area contributed by atoms with Gasteiger partial charge in [0.15, 0.2) is 0 Å². The number of nitrogens with zero attached hydrogens (tertiary/aromatic N) is 1. The summed E-state index contributed by atoms with van der Waals surface area (Å²) in [5.74, 6) is 0.918. The van der Waals surface area contributed by atoms with Gasteiger partial charge in [-0.15, -0.1) is 11.3 Å². The van der Waals surface area contributed by atoms with Gasteiger partial charge in [0.05, 0.1) is 11.2 Å². The lowest BCUT2D eigenvalue weighted by atomic mass is 10.1. The number of nitrogens with one attached hydrogen (secondary N) is 1. The molecule has 72 valence electrons. The van der Waals surface area contributed by atoms with E-state index in [9.17, 15) is 0 Å². The number of hydrogen-bond acceptors (Lipinski definition) is 3. The highest BCUT2D eigenvalue weighted by Gasteiger charge is 2.28. The topological polar surface area (TPSA) is 24.9 Å². The van der Waals surface area contributed by atoms with Crippen molar-refractivity contribution >= 4 is 11.3 Å². The fraction of sp³-hybridized carbons (Fsp3) is 0.700. The van der Waals surface area contributed by atoms with Crippen LogP contribution in [0.2, 0.25) is 0 Å². The summed E-state index contributed by atoms with van der Waals surface area (Å²) in [4.78, 5) is 4.30.